The molecule has 1 amide bonds. The monoisotopic (exact) mass is 988 g/mol. The molecule has 3 N–H and O–H groups in total. The molecule has 0 spiro atoms. The number of nitrogens with zero attached hydrogens (tertiary/aromatic N) is 1. The number of aliphatic hydroxyl groups excluding tert-OH is 1. The molecular formula is C60H112N2O6P+. The van der Waals surface area contributed by atoms with Gasteiger partial charge in [0, 0.05) is 6.42 Å². The highest BCUT2D eigenvalue weighted by Gasteiger charge is 2.27. The third kappa shape index (κ3) is 53.6. The number of allylic oxidation sites excluding steroid dienone is 11. The summed E-state index contributed by atoms with van der Waals surface area (Å²) in [7, 11) is 1.57. The first kappa shape index (κ1) is 66.9. The molecule has 3 atom stereocenters. The van der Waals surface area contributed by atoms with Gasteiger partial charge >= 0.3 is 7.82 Å². The standard InChI is InChI=1S/C60H111N2O6P/c1-6-8-10-12-14-15-16-17-18-19-20-21-22-23-24-25-26-27-28-29-30-31-32-33-34-35-36-37-38-39-40-41-42-43-44-45-46-47-48-50-52-54-60(64)61-58(59(63)53-51-49-13-11-9-7-2)57-68-69(65,66)67-56-55-62(3,4)5/h8,10,14-15,17-18,20-21,23-24,51,53,58-59,63H,6-7,9,11-13,16,19,22,25-50,52,54-57H2,1-5H3,(H-,61,64,65,66)/p+1/b10-8-,15-14-,18-17-,21-20-,24-23-,53-51+. The summed E-state index contributed by atoms with van der Waals surface area (Å²) in [6.45, 7) is 4.62. The number of likely N-dealkylation sites (N-methyl/N-ethyl adjacent to an activating group) is 1. The Labute approximate surface area is 427 Å². The van der Waals surface area contributed by atoms with Gasteiger partial charge in [0.05, 0.1) is 39.9 Å². The molecule has 0 aromatic carbocycles. The second kappa shape index (κ2) is 50.9. The summed E-state index contributed by atoms with van der Waals surface area (Å²) < 4.78 is 23.5. The molecule has 0 aliphatic heterocycles. The summed E-state index contributed by atoms with van der Waals surface area (Å²) in [5, 5.41) is 13.7. The molecule has 0 aromatic rings. The maximum atomic E-state index is 12.8. The lowest BCUT2D eigenvalue weighted by atomic mass is 10.0. The van der Waals surface area contributed by atoms with Crippen molar-refractivity contribution in [3.63, 3.8) is 0 Å². The minimum absolute atomic E-state index is 0.0610. The predicted molar refractivity (Wildman–Crippen MR) is 300 cm³/mol. The van der Waals surface area contributed by atoms with E-state index in [0.29, 0.717) is 17.4 Å². The molecule has 0 bridgehead atoms. The molecule has 3 unspecified atom stereocenters. The number of unbranched alkanes of at least 4 members (excludes halogenated alkanes) is 29. The molecule has 0 aliphatic carbocycles. The van der Waals surface area contributed by atoms with Gasteiger partial charge in [-0.1, -0.05) is 254 Å². The molecule has 8 nitrogen and oxygen atoms in total. The van der Waals surface area contributed by atoms with Crippen LogP contribution in [0.2, 0.25) is 0 Å². The van der Waals surface area contributed by atoms with Gasteiger partial charge in [-0.3, -0.25) is 13.8 Å². The van der Waals surface area contributed by atoms with Crippen LogP contribution in [0.4, 0.5) is 0 Å². The molecule has 0 saturated carbocycles. The number of phosphoric acid groups is 1. The van der Waals surface area contributed by atoms with Gasteiger partial charge in [-0.05, 0) is 64.2 Å². The minimum Gasteiger partial charge on any atom is -0.387 e. The SMILES string of the molecule is CC/C=C\C/C=C\C/C=C\C/C=C\C/C=C\CCCCCCCCCCCCCCCCCCCCCCCCCCCC(=O)NC(COP(=O)(O)OCC[N+](C)(C)C)C(O)/C=C/CCCCCC. The normalized spacial score (nSPS) is 14.5. The highest BCUT2D eigenvalue weighted by molar-refractivity contribution is 7.47. The summed E-state index contributed by atoms with van der Waals surface area (Å²) in [6.07, 6.45) is 70.8. The summed E-state index contributed by atoms with van der Waals surface area (Å²) >= 11 is 0. The van der Waals surface area contributed by atoms with Crippen molar-refractivity contribution in [1.29, 1.82) is 0 Å². The highest BCUT2D eigenvalue weighted by atomic mass is 31.2. The molecule has 0 rings (SSSR count). The zero-order chi connectivity index (χ0) is 50.6. The van der Waals surface area contributed by atoms with E-state index in [0.717, 1.165) is 77.0 Å². The van der Waals surface area contributed by atoms with Crippen LogP contribution in [-0.4, -0.2) is 73.4 Å². The van der Waals surface area contributed by atoms with E-state index >= 15 is 0 Å². The van der Waals surface area contributed by atoms with E-state index in [9.17, 15) is 19.4 Å². The van der Waals surface area contributed by atoms with E-state index in [1.54, 1.807) is 6.08 Å². The van der Waals surface area contributed by atoms with Crippen molar-refractivity contribution >= 4 is 13.7 Å². The molecule has 0 aromatic heterocycles. The van der Waals surface area contributed by atoms with E-state index in [2.05, 4.69) is 79.9 Å². The number of carbonyl (C=O) groups is 1. The van der Waals surface area contributed by atoms with Gasteiger partial charge in [-0.25, -0.2) is 4.57 Å². The number of amides is 1. The van der Waals surface area contributed by atoms with Gasteiger partial charge in [0.15, 0.2) is 0 Å². The van der Waals surface area contributed by atoms with Crippen LogP contribution in [-0.2, 0) is 18.4 Å². The quantitative estimate of drug-likeness (QED) is 0.0243. The topological polar surface area (TPSA) is 105 Å². The molecule has 0 saturated heterocycles. The van der Waals surface area contributed by atoms with Crippen molar-refractivity contribution in [3.05, 3.63) is 72.9 Å². The van der Waals surface area contributed by atoms with Crippen molar-refractivity contribution in [3.8, 4) is 0 Å². The van der Waals surface area contributed by atoms with E-state index in [1.807, 2.05) is 27.2 Å². The number of phosphoric ester groups is 1. The lowest BCUT2D eigenvalue weighted by Gasteiger charge is -2.25. The Balaban J connectivity index is 3.71. The predicted octanol–water partition coefficient (Wildman–Crippen LogP) is 17.5. The minimum atomic E-state index is -4.33. The Morgan fingerprint density at radius 1 is 0.507 bits per heavy atom. The number of rotatable bonds is 52. The van der Waals surface area contributed by atoms with Crippen LogP contribution in [0, 0.1) is 0 Å². The smallest absolute Gasteiger partial charge is 0.387 e. The Bertz CT molecular complexity index is 1350. The number of nitrogens with one attached hydrogen (secondary N) is 1. The Kier molecular flexibility index (Phi) is 49.3. The largest absolute Gasteiger partial charge is 0.472 e. The summed E-state index contributed by atoms with van der Waals surface area (Å²) in [4.78, 5) is 23.0. The summed E-state index contributed by atoms with van der Waals surface area (Å²) in [6, 6.07) is -0.842. The molecule has 0 fully saturated rings. The Morgan fingerprint density at radius 3 is 1.28 bits per heavy atom. The number of quaternary nitrogens is 1. The fourth-order valence-corrected chi connectivity index (χ4v) is 8.92. The zero-order valence-corrected chi connectivity index (χ0v) is 46.7. The third-order valence-corrected chi connectivity index (χ3v) is 13.7. The van der Waals surface area contributed by atoms with Gasteiger partial charge in [0.2, 0.25) is 5.91 Å². The first-order chi connectivity index (χ1) is 33.5. The lowest BCUT2D eigenvalue weighted by Crippen LogP contribution is -2.45. The molecule has 0 heterocycles. The van der Waals surface area contributed by atoms with E-state index in [1.165, 1.54) is 154 Å². The van der Waals surface area contributed by atoms with Crippen molar-refractivity contribution in [1.82, 2.24) is 5.32 Å². The van der Waals surface area contributed by atoms with E-state index < -0.39 is 20.0 Å². The molecule has 0 aliphatic rings. The van der Waals surface area contributed by atoms with Crippen LogP contribution < -0.4 is 5.32 Å². The molecule has 9 heteroatoms. The highest BCUT2D eigenvalue weighted by Crippen LogP contribution is 2.43. The zero-order valence-electron chi connectivity index (χ0n) is 45.8. The number of carbonyl (C=O) groups excluding carboxylic acids is 1. The van der Waals surface area contributed by atoms with Crippen molar-refractivity contribution < 1.29 is 32.9 Å². The van der Waals surface area contributed by atoms with Crippen LogP contribution in [0.5, 0.6) is 0 Å². The van der Waals surface area contributed by atoms with Crippen LogP contribution >= 0.6 is 7.82 Å². The first-order valence-electron chi connectivity index (χ1n) is 28.8. The van der Waals surface area contributed by atoms with Gasteiger partial charge < -0.3 is 19.8 Å². The Hall–Kier alpha value is -2.06. The maximum Gasteiger partial charge on any atom is 0.472 e. The maximum absolute atomic E-state index is 12.8. The van der Waals surface area contributed by atoms with Crippen molar-refractivity contribution in [2.24, 2.45) is 0 Å². The summed E-state index contributed by atoms with van der Waals surface area (Å²) in [5.74, 6) is -0.181. The van der Waals surface area contributed by atoms with Crippen LogP contribution in [0.3, 0.4) is 0 Å². The third-order valence-electron chi connectivity index (χ3n) is 12.7. The van der Waals surface area contributed by atoms with Crippen LogP contribution in [0.25, 0.3) is 0 Å². The van der Waals surface area contributed by atoms with Gasteiger partial charge in [-0.2, -0.15) is 0 Å². The van der Waals surface area contributed by atoms with Gasteiger partial charge in [-0.15, -0.1) is 0 Å². The lowest BCUT2D eigenvalue weighted by molar-refractivity contribution is -0.870. The van der Waals surface area contributed by atoms with Gasteiger partial charge in [0.25, 0.3) is 0 Å². The van der Waals surface area contributed by atoms with Crippen molar-refractivity contribution in [2.45, 2.75) is 264 Å². The molecule has 402 valence electrons. The molecule has 69 heavy (non-hydrogen) atoms. The second-order valence-corrected chi connectivity index (χ2v) is 22.1. The second-order valence-electron chi connectivity index (χ2n) is 20.6. The van der Waals surface area contributed by atoms with Crippen LogP contribution in [0.1, 0.15) is 251 Å². The average Bonchev–Trinajstić information content (AvgIpc) is 3.31. The number of hydrogen-bond donors (Lipinski definition) is 3. The molecular weight excluding hydrogens is 876 g/mol. The van der Waals surface area contributed by atoms with E-state index in [4.69, 9.17) is 9.05 Å². The fraction of sp³-hybridized carbons (Fsp3) is 0.783. The summed E-state index contributed by atoms with van der Waals surface area (Å²) in [5.41, 5.74) is 0. The van der Waals surface area contributed by atoms with Crippen LogP contribution in [0.15, 0.2) is 72.9 Å². The fourth-order valence-electron chi connectivity index (χ4n) is 8.19. The number of aliphatic hydroxyl groups is 1. The average molecular weight is 989 g/mol. The van der Waals surface area contributed by atoms with E-state index in [-0.39, 0.29) is 19.1 Å². The van der Waals surface area contributed by atoms with Crippen molar-refractivity contribution in [2.75, 3.05) is 40.9 Å². The first-order valence-corrected chi connectivity index (χ1v) is 30.3. The number of hydrogen-bond acceptors (Lipinski definition) is 5. The van der Waals surface area contributed by atoms with Gasteiger partial charge in [0.1, 0.15) is 13.2 Å². The molecule has 0 radical (unpaired) electrons. The Morgan fingerprint density at radius 2 is 0.870 bits per heavy atom.